The summed E-state index contributed by atoms with van der Waals surface area (Å²) in [4.78, 5) is 0. The predicted molar refractivity (Wildman–Crippen MR) is 85.6 cm³/mol. The van der Waals surface area contributed by atoms with Crippen LogP contribution in [0.5, 0.6) is 0 Å². The van der Waals surface area contributed by atoms with Gasteiger partial charge in [-0.15, -0.1) is 0 Å². The number of hydrogen-bond donors (Lipinski definition) is 1. The Bertz CT molecular complexity index is 610. The summed E-state index contributed by atoms with van der Waals surface area (Å²) in [6.45, 7) is 5.71. The molecule has 2 aliphatic heterocycles. The lowest BCUT2D eigenvalue weighted by Crippen LogP contribution is -2.64. The molecule has 0 aliphatic carbocycles. The number of nitrogens with one attached hydrogen (secondary N) is 1. The molecular weight excluding hydrogens is 300 g/mol. The molecule has 0 aromatic heterocycles. The molecule has 0 saturated carbocycles. The van der Waals surface area contributed by atoms with Crippen molar-refractivity contribution in [1.82, 2.24) is 9.03 Å². The van der Waals surface area contributed by atoms with Crippen LogP contribution in [0.1, 0.15) is 38.3 Å². The Balaban J connectivity index is 1.92. The third-order valence-corrected chi connectivity index (χ3v) is 6.36. The molecule has 1 aromatic rings. The average molecular weight is 324 g/mol. The lowest BCUT2D eigenvalue weighted by molar-refractivity contribution is -0.0957. The van der Waals surface area contributed by atoms with Gasteiger partial charge >= 0.3 is 0 Å². The largest absolute Gasteiger partial charge is 0.381 e. The van der Waals surface area contributed by atoms with Gasteiger partial charge in [0.15, 0.2) is 0 Å². The van der Waals surface area contributed by atoms with Crippen LogP contribution in [-0.2, 0) is 14.9 Å². The molecule has 122 valence electrons. The van der Waals surface area contributed by atoms with E-state index in [0.717, 1.165) is 31.6 Å². The third kappa shape index (κ3) is 2.80. The fraction of sp³-hybridized carbons (Fsp3) is 0.625. The highest BCUT2D eigenvalue weighted by atomic mass is 32.2. The third-order valence-electron chi connectivity index (χ3n) is 4.64. The van der Waals surface area contributed by atoms with Crippen molar-refractivity contribution in [2.45, 2.75) is 38.8 Å². The molecule has 6 heteroatoms. The molecule has 22 heavy (non-hydrogen) atoms. The van der Waals surface area contributed by atoms with Gasteiger partial charge in [-0.25, -0.2) is 0 Å². The molecule has 1 unspecified atom stereocenters. The lowest BCUT2D eigenvalue weighted by atomic mass is 9.65. The molecule has 5 nitrogen and oxygen atoms in total. The van der Waals surface area contributed by atoms with Crippen molar-refractivity contribution in [3.8, 4) is 0 Å². The normalized spacial score (nSPS) is 25.3. The summed E-state index contributed by atoms with van der Waals surface area (Å²) < 4.78 is 35.0. The molecule has 0 radical (unpaired) electrons. The van der Waals surface area contributed by atoms with Gasteiger partial charge in [0.1, 0.15) is 0 Å². The molecule has 1 N–H and O–H groups in total. The maximum absolute atomic E-state index is 12.6. The Kier molecular flexibility index (Phi) is 4.29. The van der Waals surface area contributed by atoms with Crippen LogP contribution in [0.25, 0.3) is 0 Å². The first-order valence-corrected chi connectivity index (χ1v) is 9.30. The monoisotopic (exact) mass is 324 g/mol. The van der Waals surface area contributed by atoms with Crippen LogP contribution >= 0.6 is 0 Å². The van der Waals surface area contributed by atoms with E-state index in [9.17, 15) is 8.42 Å². The van der Waals surface area contributed by atoms with Gasteiger partial charge in [0, 0.05) is 31.2 Å². The van der Waals surface area contributed by atoms with Crippen LogP contribution in [0, 0.1) is 5.41 Å². The van der Waals surface area contributed by atoms with Crippen molar-refractivity contribution in [3.63, 3.8) is 0 Å². The summed E-state index contributed by atoms with van der Waals surface area (Å²) >= 11 is 0. The number of hydrogen-bond acceptors (Lipinski definition) is 3. The van der Waals surface area contributed by atoms with E-state index in [0.29, 0.717) is 6.54 Å². The van der Waals surface area contributed by atoms with Gasteiger partial charge in [0.2, 0.25) is 0 Å². The highest BCUT2D eigenvalue weighted by Crippen LogP contribution is 2.55. The average Bonchev–Trinajstić information content (AvgIpc) is 2.46. The van der Waals surface area contributed by atoms with Gasteiger partial charge in [-0.05, 0) is 32.3 Å². The molecule has 1 atom stereocenters. The maximum Gasteiger partial charge on any atom is 0.280 e. The second-order valence-corrected chi connectivity index (χ2v) is 8.27. The molecule has 0 bridgehead atoms. The van der Waals surface area contributed by atoms with Crippen molar-refractivity contribution in [3.05, 3.63) is 35.9 Å². The van der Waals surface area contributed by atoms with Crippen LogP contribution in [0.3, 0.4) is 0 Å². The van der Waals surface area contributed by atoms with Gasteiger partial charge in [0.25, 0.3) is 10.2 Å². The Morgan fingerprint density at radius 1 is 1.23 bits per heavy atom. The zero-order chi connectivity index (χ0) is 15.8. The number of benzene rings is 1. The predicted octanol–water partition coefficient (Wildman–Crippen LogP) is 2.08. The van der Waals surface area contributed by atoms with Gasteiger partial charge in [-0.3, -0.25) is 0 Å². The molecule has 3 rings (SSSR count). The van der Waals surface area contributed by atoms with E-state index in [1.807, 2.05) is 44.2 Å². The Hall–Kier alpha value is -0.950. The number of rotatable bonds is 4. The van der Waals surface area contributed by atoms with E-state index in [1.165, 1.54) is 0 Å². The van der Waals surface area contributed by atoms with Crippen LogP contribution < -0.4 is 4.72 Å². The molecule has 2 fully saturated rings. The molecule has 1 spiro atoms. The number of ether oxygens (including phenoxy) is 1. The van der Waals surface area contributed by atoms with E-state index in [2.05, 4.69) is 4.72 Å². The summed E-state index contributed by atoms with van der Waals surface area (Å²) in [6.07, 6.45) is 1.83. The van der Waals surface area contributed by atoms with E-state index >= 15 is 0 Å². The van der Waals surface area contributed by atoms with Crippen LogP contribution in [0.2, 0.25) is 0 Å². The van der Waals surface area contributed by atoms with Crippen molar-refractivity contribution in [2.24, 2.45) is 5.41 Å². The molecule has 2 heterocycles. The smallest absolute Gasteiger partial charge is 0.280 e. The lowest BCUT2D eigenvalue weighted by Gasteiger charge is -2.58. The van der Waals surface area contributed by atoms with Gasteiger partial charge in [-0.2, -0.15) is 17.4 Å². The summed E-state index contributed by atoms with van der Waals surface area (Å²) in [5.74, 6) is 0. The Morgan fingerprint density at radius 2 is 1.86 bits per heavy atom. The van der Waals surface area contributed by atoms with E-state index < -0.39 is 10.2 Å². The summed E-state index contributed by atoms with van der Waals surface area (Å²) in [5.41, 5.74) is 1.09. The first kappa shape index (κ1) is 15.9. The molecule has 2 saturated heterocycles. The van der Waals surface area contributed by atoms with Crippen molar-refractivity contribution < 1.29 is 13.2 Å². The van der Waals surface area contributed by atoms with Crippen LogP contribution in [-0.4, -0.2) is 38.5 Å². The summed E-state index contributed by atoms with van der Waals surface area (Å²) in [5, 5.41) is 0. The second-order valence-electron chi connectivity index (χ2n) is 6.61. The van der Waals surface area contributed by atoms with E-state index in [-0.39, 0.29) is 17.5 Å². The molecule has 0 amide bonds. The summed E-state index contributed by atoms with van der Waals surface area (Å²) in [7, 11) is -3.45. The standard InChI is InChI=1S/C16H24N2O3S/c1-13(2)17-22(19,20)18-12-16(8-10-21-11-9-16)15(18)14-6-4-3-5-7-14/h3-7,13,15,17H,8-12H2,1-2H3. The highest BCUT2D eigenvalue weighted by Gasteiger charge is 2.57. The second kappa shape index (κ2) is 5.92. The minimum absolute atomic E-state index is 0.0192. The van der Waals surface area contributed by atoms with Crippen LogP contribution in [0.15, 0.2) is 30.3 Å². The Labute approximate surface area is 132 Å². The van der Waals surface area contributed by atoms with Crippen molar-refractivity contribution in [2.75, 3.05) is 19.8 Å². The zero-order valence-corrected chi connectivity index (χ0v) is 14.0. The maximum atomic E-state index is 12.6. The van der Waals surface area contributed by atoms with E-state index in [1.54, 1.807) is 4.31 Å². The zero-order valence-electron chi connectivity index (χ0n) is 13.2. The molecule has 2 aliphatic rings. The first-order chi connectivity index (χ1) is 10.4. The minimum Gasteiger partial charge on any atom is -0.381 e. The fourth-order valence-corrected chi connectivity index (χ4v) is 5.42. The van der Waals surface area contributed by atoms with Gasteiger partial charge in [-0.1, -0.05) is 30.3 Å². The molecule has 1 aromatic carbocycles. The number of nitrogens with zero attached hydrogens (tertiary/aromatic N) is 1. The highest BCUT2D eigenvalue weighted by molar-refractivity contribution is 7.87. The molecular formula is C16H24N2O3S. The van der Waals surface area contributed by atoms with Gasteiger partial charge in [0.05, 0.1) is 6.04 Å². The summed E-state index contributed by atoms with van der Waals surface area (Å²) in [6, 6.07) is 9.77. The van der Waals surface area contributed by atoms with Crippen LogP contribution in [0.4, 0.5) is 0 Å². The van der Waals surface area contributed by atoms with E-state index in [4.69, 9.17) is 4.74 Å². The first-order valence-electron chi connectivity index (χ1n) is 7.86. The van der Waals surface area contributed by atoms with Crippen molar-refractivity contribution >= 4 is 10.2 Å². The van der Waals surface area contributed by atoms with Crippen molar-refractivity contribution in [1.29, 1.82) is 0 Å². The minimum atomic E-state index is -3.45. The topological polar surface area (TPSA) is 58.6 Å². The Morgan fingerprint density at radius 3 is 2.45 bits per heavy atom. The van der Waals surface area contributed by atoms with Gasteiger partial charge < -0.3 is 4.74 Å². The fourth-order valence-electron chi connectivity index (χ4n) is 3.64. The quantitative estimate of drug-likeness (QED) is 0.922. The SMILES string of the molecule is CC(C)NS(=O)(=O)N1CC2(CCOCC2)C1c1ccccc1.